The van der Waals surface area contributed by atoms with Crippen molar-refractivity contribution in [2.45, 2.75) is 102 Å². The van der Waals surface area contributed by atoms with Crippen LogP contribution in [0.4, 0.5) is 26.3 Å². The molecule has 2 fully saturated rings. The summed E-state index contributed by atoms with van der Waals surface area (Å²) in [7, 11) is 0. The minimum atomic E-state index is -4.86. The number of ether oxygens (including phenoxy) is 2. The van der Waals surface area contributed by atoms with Gasteiger partial charge >= 0.3 is 12.4 Å². The van der Waals surface area contributed by atoms with Gasteiger partial charge in [0.15, 0.2) is 0 Å². The molecule has 0 aliphatic carbocycles. The van der Waals surface area contributed by atoms with Crippen LogP contribution in [0, 0.1) is 0 Å². The van der Waals surface area contributed by atoms with Gasteiger partial charge in [-0.25, -0.2) is 0 Å². The van der Waals surface area contributed by atoms with Crippen molar-refractivity contribution in [3.8, 4) is 11.5 Å². The van der Waals surface area contributed by atoms with Crippen LogP contribution in [0.3, 0.4) is 0 Å². The molecule has 288 valence electrons. The van der Waals surface area contributed by atoms with Crippen LogP contribution in [0.1, 0.15) is 98.5 Å². The molecule has 8 nitrogen and oxygen atoms in total. The van der Waals surface area contributed by atoms with E-state index in [0.29, 0.717) is 61.9 Å². The van der Waals surface area contributed by atoms with Gasteiger partial charge in [-0.2, -0.15) is 26.3 Å². The first-order chi connectivity index (χ1) is 25.0. The third kappa shape index (κ3) is 8.81. The van der Waals surface area contributed by atoms with Gasteiger partial charge in [0.2, 0.25) is 5.60 Å². The number of rotatable bonds is 12. The molecule has 5 rings (SSSR count). The average Bonchev–Trinajstić information content (AvgIpc) is 3.60. The van der Waals surface area contributed by atoms with Gasteiger partial charge in [-0.15, -0.1) is 11.3 Å². The number of carbonyl (C=O) groups excluding carboxylic acids is 3. The van der Waals surface area contributed by atoms with Crippen molar-refractivity contribution in [2.24, 2.45) is 0 Å². The van der Waals surface area contributed by atoms with E-state index >= 15 is 0 Å². The maximum absolute atomic E-state index is 14.9. The molecule has 0 radical (unpaired) electrons. The molecule has 2 aliphatic rings. The third-order valence-electron chi connectivity index (χ3n) is 10.2. The number of likely N-dealkylation sites (tertiary alicyclic amines) is 2. The number of pyridine rings is 1. The van der Waals surface area contributed by atoms with Crippen LogP contribution in [0.2, 0.25) is 0 Å². The number of halogens is 6. The topological polar surface area (TPSA) is 89.0 Å². The Hall–Kier alpha value is -4.14. The number of alkyl halides is 6. The highest BCUT2D eigenvalue weighted by Gasteiger charge is 2.56. The molecule has 3 aromatic rings. The highest BCUT2D eigenvalue weighted by atomic mass is 32.1. The monoisotopic (exact) mass is 767 g/mol. The van der Waals surface area contributed by atoms with Crippen LogP contribution in [0.25, 0.3) is 0 Å². The molecule has 0 spiro atoms. The molecule has 0 bridgehead atoms. The fourth-order valence-electron chi connectivity index (χ4n) is 7.44. The van der Waals surface area contributed by atoms with Gasteiger partial charge in [-0.1, -0.05) is 38.5 Å². The largest absolute Gasteiger partial charge is 0.493 e. The van der Waals surface area contributed by atoms with Crippen LogP contribution in [0.15, 0.2) is 54.2 Å². The zero-order chi connectivity index (χ0) is 38.6. The standard InChI is InChI=1S/C38H43F6N3O5S/c1-4-9-31-36(52-26-22-32(53-24-26)38(42,43)44,14-8-18-47(31)33(49)27-23-45-17-13-28(27)37(39,40)41)34(50)46-19-15-35(3,16-20-46)29-11-5-6-12-30(29)51-21-7-10-25(2)48/h5-6,11-13,17,22-24,31H,4,7-10,14-16,18-21H2,1-3H3/t31-,36+/m1/s1. The normalized spacial score (nSPS) is 20.6. The molecule has 15 heteroatoms. The Kier molecular flexibility index (Phi) is 12.1. The molecule has 1 aromatic carbocycles. The van der Waals surface area contributed by atoms with E-state index in [0.717, 1.165) is 29.4 Å². The van der Waals surface area contributed by atoms with E-state index in [1.807, 2.05) is 24.3 Å². The molecular weight excluding hydrogens is 724 g/mol. The lowest BCUT2D eigenvalue weighted by Gasteiger charge is -2.51. The van der Waals surface area contributed by atoms with Crippen LogP contribution in [-0.4, -0.2) is 70.3 Å². The highest BCUT2D eigenvalue weighted by molar-refractivity contribution is 7.10. The van der Waals surface area contributed by atoms with E-state index < -0.39 is 57.2 Å². The lowest BCUT2D eigenvalue weighted by Crippen LogP contribution is -2.68. The number of hydrogen-bond donors (Lipinski definition) is 0. The second-order valence-electron chi connectivity index (χ2n) is 14.0. The zero-order valence-electron chi connectivity index (χ0n) is 29.8. The fraction of sp³-hybridized carbons (Fsp3) is 0.526. The molecule has 2 aliphatic heterocycles. The maximum Gasteiger partial charge on any atom is 0.425 e. The second kappa shape index (κ2) is 16.1. The molecule has 2 atom stereocenters. The Morgan fingerprint density at radius 2 is 1.72 bits per heavy atom. The Bertz CT molecular complexity index is 1770. The summed E-state index contributed by atoms with van der Waals surface area (Å²) in [4.78, 5) is 46.0. The van der Waals surface area contributed by atoms with Crippen molar-refractivity contribution in [1.29, 1.82) is 0 Å². The van der Waals surface area contributed by atoms with Gasteiger partial charge in [0.25, 0.3) is 11.8 Å². The van der Waals surface area contributed by atoms with Crippen molar-refractivity contribution in [2.75, 3.05) is 26.2 Å². The van der Waals surface area contributed by atoms with E-state index in [9.17, 15) is 40.7 Å². The smallest absolute Gasteiger partial charge is 0.425 e. The number of amides is 2. The zero-order valence-corrected chi connectivity index (χ0v) is 30.6. The van der Waals surface area contributed by atoms with Crippen molar-refractivity contribution in [3.63, 3.8) is 0 Å². The summed E-state index contributed by atoms with van der Waals surface area (Å²) in [5, 5.41) is 1.16. The predicted molar refractivity (Wildman–Crippen MR) is 186 cm³/mol. The SMILES string of the molecule is CCC[C@H]1N(C(=O)c2cnccc2C(F)(F)F)CCC[C@@]1(Oc1csc(C(F)(F)F)c1)C(=O)N1CCC(C)(c2ccccc2OCCCC(C)=O)CC1. The summed E-state index contributed by atoms with van der Waals surface area (Å²) in [6.07, 6.45) is -5.09. The summed E-state index contributed by atoms with van der Waals surface area (Å²) in [5.74, 6) is -0.986. The summed E-state index contributed by atoms with van der Waals surface area (Å²) in [6.45, 7) is 6.22. The summed E-state index contributed by atoms with van der Waals surface area (Å²) >= 11 is 0.404. The van der Waals surface area contributed by atoms with Gasteiger partial charge in [-0.05, 0) is 56.6 Å². The Labute approximate surface area is 308 Å². The molecule has 0 saturated carbocycles. The average molecular weight is 768 g/mol. The maximum atomic E-state index is 14.9. The van der Waals surface area contributed by atoms with E-state index in [1.54, 1.807) is 11.8 Å². The van der Waals surface area contributed by atoms with Gasteiger partial charge in [-0.3, -0.25) is 14.6 Å². The number of piperidine rings is 2. The number of Topliss-reactive ketones (excluding diaryl/α,β-unsaturated/α-hetero) is 1. The van der Waals surface area contributed by atoms with E-state index in [2.05, 4.69) is 11.9 Å². The molecule has 2 aromatic heterocycles. The number of benzene rings is 1. The highest BCUT2D eigenvalue weighted by Crippen LogP contribution is 2.45. The Morgan fingerprint density at radius 1 is 1.00 bits per heavy atom. The first-order valence-electron chi connectivity index (χ1n) is 17.7. The number of carbonyl (C=O) groups is 3. The van der Waals surface area contributed by atoms with Gasteiger partial charge in [0.05, 0.1) is 23.8 Å². The van der Waals surface area contributed by atoms with Gasteiger partial charge in [0.1, 0.15) is 22.2 Å². The predicted octanol–water partition coefficient (Wildman–Crippen LogP) is 8.73. The minimum Gasteiger partial charge on any atom is -0.493 e. The van der Waals surface area contributed by atoms with Crippen molar-refractivity contribution in [3.05, 3.63) is 75.7 Å². The summed E-state index contributed by atoms with van der Waals surface area (Å²) in [6, 6.07) is 8.00. The molecule has 4 heterocycles. The number of hydrogen-bond acceptors (Lipinski definition) is 7. The number of thiophene rings is 1. The van der Waals surface area contributed by atoms with Crippen LogP contribution in [0.5, 0.6) is 11.5 Å². The third-order valence-corrected chi connectivity index (χ3v) is 11.1. The van der Waals surface area contributed by atoms with Crippen molar-refractivity contribution >= 4 is 28.9 Å². The first kappa shape index (κ1) is 40.1. The fourth-order valence-corrected chi connectivity index (χ4v) is 8.11. The Morgan fingerprint density at radius 3 is 2.36 bits per heavy atom. The number of ketones is 1. The summed E-state index contributed by atoms with van der Waals surface area (Å²) < 4.78 is 95.7. The molecule has 53 heavy (non-hydrogen) atoms. The molecule has 0 N–H and O–H groups in total. The van der Waals surface area contributed by atoms with Crippen molar-refractivity contribution in [1.82, 2.24) is 14.8 Å². The number of para-hydroxylation sites is 1. The van der Waals surface area contributed by atoms with Crippen LogP contribution >= 0.6 is 11.3 Å². The van der Waals surface area contributed by atoms with E-state index in [1.165, 1.54) is 11.8 Å². The first-order valence-corrected chi connectivity index (χ1v) is 18.6. The molecular formula is C38H43F6N3O5S. The number of nitrogens with zero attached hydrogens (tertiary/aromatic N) is 3. The van der Waals surface area contributed by atoms with E-state index in [4.69, 9.17) is 9.47 Å². The van der Waals surface area contributed by atoms with Crippen LogP contribution < -0.4 is 9.47 Å². The minimum absolute atomic E-state index is 0.00674. The van der Waals surface area contributed by atoms with Gasteiger partial charge < -0.3 is 24.1 Å². The molecule has 0 unspecified atom stereocenters. The van der Waals surface area contributed by atoms with Crippen molar-refractivity contribution < 1.29 is 50.2 Å². The second-order valence-corrected chi connectivity index (χ2v) is 14.9. The van der Waals surface area contributed by atoms with Crippen LogP contribution in [-0.2, 0) is 27.4 Å². The lowest BCUT2D eigenvalue weighted by molar-refractivity contribution is -0.161. The van der Waals surface area contributed by atoms with Gasteiger partial charge in [0, 0.05) is 61.9 Å². The quantitative estimate of drug-likeness (QED) is 0.135. The summed E-state index contributed by atoms with van der Waals surface area (Å²) in [5.41, 5.74) is -3.24. The molecule has 2 amide bonds. The number of aromatic nitrogens is 1. The lowest BCUT2D eigenvalue weighted by atomic mass is 9.73. The van der Waals surface area contributed by atoms with E-state index in [-0.39, 0.29) is 50.4 Å². The molecule has 2 saturated heterocycles. The Balaban J connectivity index is 1.48.